The number of methoxy groups -OCH3 is 1. The Kier molecular flexibility index (Phi) is 21.5. The van der Waals surface area contributed by atoms with Gasteiger partial charge in [-0.05, 0) is 100 Å². The Morgan fingerprint density at radius 1 is 0.758 bits per heavy atom. The molecule has 4 N–H and O–H groups in total. The van der Waals surface area contributed by atoms with E-state index in [1.807, 2.05) is 48.5 Å². The summed E-state index contributed by atoms with van der Waals surface area (Å²) in [5, 5.41) is 34.2. The van der Waals surface area contributed by atoms with Crippen LogP contribution in [0.1, 0.15) is 76.2 Å². The number of likely N-dealkylation sites (tertiary alicyclic amines) is 1. The lowest BCUT2D eigenvalue weighted by Gasteiger charge is -2.43. The van der Waals surface area contributed by atoms with Crippen molar-refractivity contribution in [1.29, 1.82) is 0 Å². The number of para-hydroxylation sites is 1. The number of amides is 1. The summed E-state index contributed by atoms with van der Waals surface area (Å²) >= 11 is 0. The van der Waals surface area contributed by atoms with E-state index in [9.17, 15) is 9.59 Å². The Morgan fingerprint density at radius 2 is 1.42 bits per heavy atom. The summed E-state index contributed by atoms with van der Waals surface area (Å²) in [6.07, 6.45) is 2.69. The first kappa shape index (κ1) is 49.0. The maximum Gasteiger partial charge on any atom is 0.508 e. The number of nitrogens with zero attached hydrogens (tertiary/aromatic N) is 4. The summed E-state index contributed by atoms with van der Waals surface area (Å²) in [4.78, 5) is 39.7. The molecule has 2 aromatic carbocycles. The number of fused-ring (bicyclic) bond motifs is 1. The molecule has 20 nitrogen and oxygen atoms in total. The van der Waals surface area contributed by atoms with Crippen LogP contribution in [0, 0.1) is 0 Å². The van der Waals surface area contributed by atoms with Gasteiger partial charge in [0.05, 0.1) is 81.3 Å². The van der Waals surface area contributed by atoms with E-state index in [4.69, 9.17) is 58.7 Å². The van der Waals surface area contributed by atoms with Crippen molar-refractivity contribution in [1.82, 2.24) is 15.7 Å². The third-order valence-corrected chi connectivity index (χ3v) is 10.7. The van der Waals surface area contributed by atoms with Crippen LogP contribution in [0.2, 0.25) is 0 Å². The molecule has 2 fully saturated rings. The number of rotatable bonds is 26. The zero-order valence-corrected chi connectivity index (χ0v) is 35.5. The lowest BCUT2D eigenvalue weighted by Crippen LogP contribution is -2.60. The summed E-state index contributed by atoms with van der Waals surface area (Å²) in [5.74, 6) is 1.60. The number of piperidine rings is 1. The second kappa shape index (κ2) is 27.2. The minimum Gasteiger partial charge on any atom is -0.490 e. The molecule has 3 aliphatic rings. The van der Waals surface area contributed by atoms with Crippen LogP contribution in [-0.4, -0.2) is 152 Å². The molecule has 2 aromatic rings. The fourth-order valence-corrected chi connectivity index (χ4v) is 7.59. The first-order valence-corrected chi connectivity index (χ1v) is 21.5. The van der Waals surface area contributed by atoms with E-state index < -0.39 is 30.6 Å². The molecule has 5 rings (SSSR count). The normalized spacial score (nSPS) is 21.4. The molecule has 0 bridgehead atoms. The summed E-state index contributed by atoms with van der Waals surface area (Å²) < 4.78 is 48.0. The molecule has 2 heterocycles. The number of benzene rings is 2. The molecule has 2 aliphatic heterocycles. The zero-order valence-electron chi connectivity index (χ0n) is 35.5. The first-order valence-electron chi connectivity index (χ1n) is 21.5. The predicted molar refractivity (Wildman–Crippen MR) is 217 cm³/mol. The minimum absolute atomic E-state index is 0.0225. The molecule has 0 aromatic heterocycles. The number of unbranched alkanes of at least 4 members (excludes halogenated alkanes) is 4. The van der Waals surface area contributed by atoms with Crippen molar-refractivity contribution in [3.63, 3.8) is 0 Å². The van der Waals surface area contributed by atoms with Gasteiger partial charge in [0.2, 0.25) is 0 Å². The molecule has 1 saturated carbocycles. The number of anilines is 1. The number of carbonyl (C=O) groups is 2. The van der Waals surface area contributed by atoms with E-state index in [-0.39, 0.29) is 69.1 Å². The predicted octanol–water partition coefficient (Wildman–Crippen LogP) is 5.92. The van der Waals surface area contributed by atoms with Crippen molar-refractivity contribution < 1.29 is 78.0 Å². The van der Waals surface area contributed by atoms with Gasteiger partial charge in [0.1, 0.15) is 30.3 Å². The highest BCUT2D eigenvalue weighted by Gasteiger charge is 2.45. The third-order valence-electron chi connectivity index (χ3n) is 10.7. The van der Waals surface area contributed by atoms with E-state index in [2.05, 4.69) is 14.6 Å². The number of hydrogen-bond acceptors (Lipinski definition) is 19. The molecule has 0 radical (unpaired) electrons. The second-order valence-corrected chi connectivity index (χ2v) is 15.3. The third kappa shape index (κ3) is 17.2. The fourth-order valence-electron chi connectivity index (χ4n) is 7.59. The van der Waals surface area contributed by atoms with Gasteiger partial charge in [-0.2, -0.15) is 0 Å². The molecule has 62 heavy (non-hydrogen) atoms. The Labute approximate surface area is 362 Å². The average Bonchev–Trinajstić information content (AvgIpc) is 3.26. The highest BCUT2D eigenvalue weighted by molar-refractivity contribution is 5.68. The second-order valence-electron chi connectivity index (χ2n) is 15.3. The van der Waals surface area contributed by atoms with Crippen molar-refractivity contribution in [2.75, 3.05) is 77.8 Å². The van der Waals surface area contributed by atoms with E-state index >= 15 is 0 Å². The molecule has 1 amide bonds. The highest BCUT2D eigenvalue weighted by atomic mass is 17.1. The first-order chi connectivity index (χ1) is 30.2. The van der Waals surface area contributed by atoms with E-state index in [1.165, 1.54) is 4.90 Å². The van der Waals surface area contributed by atoms with Gasteiger partial charge in [-0.1, -0.05) is 24.3 Å². The summed E-state index contributed by atoms with van der Waals surface area (Å²) in [6.45, 7) is 3.27. The SMILES string of the molecule is COCCCN1CCOc2ccc(COC3CN(C(=O)OCCCCCON(O)O)CC(OC(=O)OCCCCCON(O)O)C3OC3CCC(Oc4ccccc4)CC3)cc21. The molecule has 3 atom stereocenters. The van der Waals surface area contributed by atoms with Crippen LogP contribution >= 0.6 is 0 Å². The van der Waals surface area contributed by atoms with Crippen molar-refractivity contribution in [3.05, 3.63) is 54.1 Å². The van der Waals surface area contributed by atoms with Crippen LogP contribution in [0.3, 0.4) is 0 Å². The van der Waals surface area contributed by atoms with Gasteiger partial charge in [-0.3, -0.25) is 30.5 Å². The van der Waals surface area contributed by atoms with E-state index in [0.717, 1.165) is 55.1 Å². The highest BCUT2D eigenvalue weighted by Crippen LogP contribution is 2.34. The van der Waals surface area contributed by atoms with Gasteiger partial charge >= 0.3 is 12.2 Å². The van der Waals surface area contributed by atoms with Crippen molar-refractivity contribution >= 4 is 17.9 Å². The standard InChI is InChI=1S/C42H64N4O16/c1-53-22-11-20-43-21-27-54-37-19-14-32(28-36(37)43)31-57-38-29-44(41(47)55-23-7-3-9-25-58-45(49)50)30-39(62-42(48)56-24-8-4-10-26-59-46(51)52)40(38)61-35-17-15-34(16-18-35)60-33-12-5-2-6-13-33/h2,5-6,12-14,19,28,34-35,38-40,49-52H,3-4,7-11,15-18,20-27,29-31H2,1H3. The minimum atomic E-state index is -0.981. The van der Waals surface area contributed by atoms with E-state index in [1.54, 1.807) is 7.11 Å². The number of carbonyl (C=O) groups excluding carboxylic acids is 2. The fraction of sp³-hybridized carbons (Fsp3) is 0.667. The zero-order chi connectivity index (χ0) is 43.9. The smallest absolute Gasteiger partial charge is 0.490 e. The lowest BCUT2D eigenvalue weighted by molar-refractivity contribution is -0.492. The van der Waals surface area contributed by atoms with E-state index in [0.29, 0.717) is 64.6 Å². The topological polar surface area (TPSA) is 220 Å². The summed E-state index contributed by atoms with van der Waals surface area (Å²) in [5.41, 5.74) is 1.84. The average molecular weight is 881 g/mol. The maximum atomic E-state index is 13.6. The summed E-state index contributed by atoms with van der Waals surface area (Å²) in [6, 6.07) is 15.6. The van der Waals surface area contributed by atoms with Crippen LogP contribution in [-0.2, 0) is 44.7 Å². The Bertz CT molecular complexity index is 1570. The van der Waals surface area contributed by atoms with Gasteiger partial charge < -0.3 is 47.7 Å². The van der Waals surface area contributed by atoms with Gasteiger partial charge in [0.15, 0.2) is 6.10 Å². The molecular formula is C42H64N4O16. The molecule has 20 heteroatoms. The van der Waals surface area contributed by atoms with Crippen LogP contribution in [0.5, 0.6) is 11.5 Å². The maximum absolute atomic E-state index is 13.6. The van der Waals surface area contributed by atoms with Crippen LogP contribution in [0.4, 0.5) is 15.3 Å². The van der Waals surface area contributed by atoms with Gasteiger partial charge in [-0.25, -0.2) is 9.59 Å². The van der Waals surface area contributed by atoms with Crippen molar-refractivity contribution in [2.45, 2.75) is 108 Å². The summed E-state index contributed by atoms with van der Waals surface area (Å²) in [7, 11) is 1.69. The molecular weight excluding hydrogens is 816 g/mol. The molecule has 3 unspecified atom stereocenters. The molecule has 0 spiro atoms. The Morgan fingerprint density at radius 3 is 2.11 bits per heavy atom. The number of hydrogen-bond donors (Lipinski definition) is 4. The largest absolute Gasteiger partial charge is 0.508 e. The molecule has 1 saturated heterocycles. The van der Waals surface area contributed by atoms with Gasteiger partial charge in [0.25, 0.3) is 0 Å². The quantitative estimate of drug-likeness (QED) is 0.0489. The van der Waals surface area contributed by atoms with Crippen LogP contribution in [0.25, 0.3) is 0 Å². The van der Waals surface area contributed by atoms with Gasteiger partial charge in [0, 0.05) is 20.3 Å². The van der Waals surface area contributed by atoms with Crippen LogP contribution in [0.15, 0.2) is 48.5 Å². The monoisotopic (exact) mass is 880 g/mol. The van der Waals surface area contributed by atoms with Crippen molar-refractivity contribution in [3.8, 4) is 11.5 Å². The Balaban J connectivity index is 1.29. The number of ether oxygens (including phenoxy) is 8. The lowest BCUT2D eigenvalue weighted by atomic mass is 9.93. The van der Waals surface area contributed by atoms with Crippen LogP contribution < -0.4 is 14.4 Å². The Hall–Kier alpha value is -4.06. The molecule has 348 valence electrons. The van der Waals surface area contributed by atoms with Crippen molar-refractivity contribution in [2.24, 2.45) is 0 Å². The molecule has 1 aliphatic carbocycles. The van der Waals surface area contributed by atoms with Gasteiger partial charge in [-0.15, -0.1) is 0 Å².